The molecule has 1 aliphatic heterocycles. The van der Waals surface area contributed by atoms with Gasteiger partial charge in [-0.2, -0.15) is 0 Å². The van der Waals surface area contributed by atoms with Gasteiger partial charge in [0.25, 0.3) is 0 Å². The highest BCUT2D eigenvalue weighted by Crippen LogP contribution is 2.67. The normalized spacial score (nSPS) is 39.7. The van der Waals surface area contributed by atoms with Crippen LogP contribution in [0.2, 0.25) is 0 Å². The first-order valence-corrected chi connectivity index (χ1v) is 14.4. The Morgan fingerprint density at radius 2 is 1.71 bits per heavy atom. The number of ketones is 1. The topological polar surface area (TPSA) is 149 Å². The van der Waals surface area contributed by atoms with Gasteiger partial charge in [0.05, 0.1) is 18.2 Å². The number of fused-ring (bicyclic) bond motifs is 3. The standard InChI is InChI=1S/C30H47NO10/c1-10-27(7)15-20(34)30(37)28(8)19(33)13-14-26(5,6)24(28)23(25(39-18(4)32)29(30,9)41-27)40-22(36)17-38-21(35)16-31(11-2)12-3/h10,19,23-25,33,37H,1,11-17H2,2-9H3/t19-,23-,24-,25-,27-,28-,29+,30-/m0/s1. The van der Waals surface area contributed by atoms with Crippen molar-refractivity contribution in [2.24, 2.45) is 16.7 Å². The lowest BCUT2D eigenvalue weighted by Gasteiger charge is -2.71. The zero-order valence-electron chi connectivity index (χ0n) is 25.7. The summed E-state index contributed by atoms with van der Waals surface area (Å²) in [4.78, 5) is 53.9. The lowest BCUT2D eigenvalue weighted by molar-refractivity contribution is -0.371. The van der Waals surface area contributed by atoms with Gasteiger partial charge < -0.3 is 29.2 Å². The van der Waals surface area contributed by atoms with E-state index < -0.39 is 82.2 Å². The van der Waals surface area contributed by atoms with Gasteiger partial charge in [0, 0.05) is 24.7 Å². The van der Waals surface area contributed by atoms with Crippen molar-refractivity contribution in [1.29, 1.82) is 0 Å². The maximum Gasteiger partial charge on any atom is 0.344 e. The number of aliphatic hydroxyl groups is 2. The Balaban J connectivity index is 2.12. The zero-order valence-corrected chi connectivity index (χ0v) is 25.7. The molecule has 0 unspecified atom stereocenters. The van der Waals surface area contributed by atoms with E-state index in [1.165, 1.54) is 19.9 Å². The number of Topliss-reactive ketones (excluding diaryl/α,β-unsaturated/α-hetero) is 1. The van der Waals surface area contributed by atoms with Crippen molar-refractivity contribution < 1.29 is 48.3 Å². The van der Waals surface area contributed by atoms with E-state index in [9.17, 15) is 29.4 Å². The highest BCUT2D eigenvalue weighted by molar-refractivity contribution is 5.92. The van der Waals surface area contributed by atoms with Crippen LogP contribution in [0.1, 0.15) is 74.7 Å². The molecule has 1 saturated heterocycles. The van der Waals surface area contributed by atoms with Crippen molar-refractivity contribution >= 4 is 23.7 Å². The van der Waals surface area contributed by atoms with Gasteiger partial charge in [-0.1, -0.05) is 40.7 Å². The Labute approximate surface area is 242 Å². The number of carbonyl (C=O) groups is 4. The molecule has 3 rings (SSSR count). The molecule has 0 bridgehead atoms. The lowest BCUT2D eigenvalue weighted by Crippen LogP contribution is -2.87. The fourth-order valence-electron chi connectivity index (χ4n) is 7.74. The molecule has 2 N–H and O–H groups in total. The maximum absolute atomic E-state index is 14.0. The van der Waals surface area contributed by atoms with Crippen LogP contribution >= 0.6 is 0 Å². The second-order valence-electron chi connectivity index (χ2n) is 12.9. The predicted octanol–water partition coefficient (Wildman–Crippen LogP) is 1.96. The number of ether oxygens (including phenoxy) is 4. The largest absolute Gasteiger partial charge is 0.455 e. The fourth-order valence-corrected chi connectivity index (χ4v) is 7.74. The van der Waals surface area contributed by atoms with Crippen LogP contribution in [-0.4, -0.2) is 100 Å². The van der Waals surface area contributed by atoms with Gasteiger partial charge in [0.1, 0.15) is 11.7 Å². The molecule has 0 aromatic heterocycles. The van der Waals surface area contributed by atoms with Gasteiger partial charge in [-0.25, -0.2) is 4.79 Å². The van der Waals surface area contributed by atoms with Gasteiger partial charge in [0.15, 0.2) is 24.1 Å². The van der Waals surface area contributed by atoms with E-state index in [-0.39, 0.29) is 19.4 Å². The molecule has 1 heterocycles. The average molecular weight is 582 g/mol. The number of nitrogens with zero attached hydrogens (tertiary/aromatic N) is 1. The van der Waals surface area contributed by atoms with Gasteiger partial charge >= 0.3 is 17.9 Å². The molecule has 2 saturated carbocycles. The number of hydrogen-bond donors (Lipinski definition) is 2. The molecule has 11 heteroatoms. The van der Waals surface area contributed by atoms with Crippen LogP contribution in [0.3, 0.4) is 0 Å². The van der Waals surface area contributed by atoms with Crippen molar-refractivity contribution in [1.82, 2.24) is 4.90 Å². The molecule has 0 spiro atoms. The Hall–Kier alpha value is -2.34. The molecule has 41 heavy (non-hydrogen) atoms. The first kappa shape index (κ1) is 33.2. The number of rotatable bonds is 9. The summed E-state index contributed by atoms with van der Waals surface area (Å²) in [5, 5.41) is 24.1. The first-order chi connectivity index (χ1) is 18.9. The molecule has 232 valence electrons. The fraction of sp³-hybridized carbons (Fsp3) is 0.800. The summed E-state index contributed by atoms with van der Waals surface area (Å²) in [5.74, 6) is -3.71. The van der Waals surface area contributed by atoms with E-state index in [0.29, 0.717) is 19.5 Å². The predicted molar refractivity (Wildman–Crippen MR) is 147 cm³/mol. The third kappa shape index (κ3) is 5.34. The smallest absolute Gasteiger partial charge is 0.344 e. The first-order valence-electron chi connectivity index (χ1n) is 14.4. The van der Waals surface area contributed by atoms with Crippen LogP contribution in [0, 0.1) is 16.7 Å². The van der Waals surface area contributed by atoms with E-state index in [2.05, 4.69) is 6.58 Å². The molecule has 11 nitrogen and oxygen atoms in total. The highest BCUT2D eigenvalue weighted by atomic mass is 16.6. The van der Waals surface area contributed by atoms with Crippen LogP contribution in [0.25, 0.3) is 0 Å². The van der Waals surface area contributed by atoms with E-state index >= 15 is 0 Å². The van der Waals surface area contributed by atoms with Crippen LogP contribution < -0.4 is 0 Å². The minimum absolute atomic E-state index is 0.000885. The molecule has 3 fully saturated rings. The number of aliphatic hydroxyl groups excluding tert-OH is 1. The van der Waals surface area contributed by atoms with Crippen LogP contribution in [0.4, 0.5) is 0 Å². The highest BCUT2D eigenvalue weighted by Gasteiger charge is 2.82. The molecular formula is C30H47NO10. The monoisotopic (exact) mass is 581 g/mol. The van der Waals surface area contributed by atoms with Crippen molar-refractivity contribution in [3.05, 3.63) is 12.7 Å². The maximum atomic E-state index is 14.0. The third-order valence-electron chi connectivity index (χ3n) is 9.86. The summed E-state index contributed by atoms with van der Waals surface area (Å²) < 4.78 is 23.4. The molecule has 0 radical (unpaired) electrons. The second kappa shape index (κ2) is 11.4. The van der Waals surface area contributed by atoms with Crippen molar-refractivity contribution in [3.8, 4) is 0 Å². The Kier molecular flexibility index (Phi) is 9.21. The molecule has 2 aliphatic carbocycles. The summed E-state index contributed by atoms with van der Waals surface area (Å²) in [7, 11) is 0. The number of hydrogen-bond acceptors (Lipinski definition) is 11. The Morgan fingerprint density at radius 1 is 1.10 bits per heavy atom. The number of carbonyl (C=O) groups excluding carboxylic acids is 4. The lowest BCUT2D eigenvalue weighted by atomic mass is 9.39. The molecule has 0 amide bonds. The van der Waals surface area contributed by atoms with Crippen LogP contribution in [-0.2, 0) is 38.1 Å². The summed E-state index contributed by atoms with van der Waals surface area (Å²) in [6, 6.07) is 0. The quantitative estimate of drug-likeness (QED) is 0.234. The average Bonchev–Trinajstić information content (AvgIpc) is 2.88. The Bertz CT molecular complexity index is 1070. The van der Waals surface area contributed by atoms with Gasteiger partial charge in [-0.05, 0) is 45.2 Å². The minimum atomic E-state index is -2.33. The Morgan fingerprint density at radius 3 is 2.24 bits per heavy atom. The minimum Gasteiger partial charge on any atom is -0.455 e. The molecular weight excluding hydrogens is 534 g/mol. The van der Waals surface area contributed by atoms with E-state index in [1.807, 2.05) is 32.6 Å². The van der Waals surface area contributed by atoms with Gasteiger partial charge in [-0.15, -0.1) is 6.58 Å². The van der Waals surface area contributed by atoms with Crippen LogP contribution in [0.5, 0.6) is 0 Å². The third-order valence-corrected chi connectivity index (χ3v) is 9.86. The zero-order chi connectivity index (χ0) is 31.2. The molecule has 0 aromatic rings. The number of likely N-dealkylation sites (N-methyl/N-ethyl adjacent to an activating group) is 1. The number of esters is 3. The van der Waals surface area contributed by atoms with Crippen LogP contribution in [0.15, 0.2) is 12.7 Å². The van der Waals surface area contributed by atoms with E-state index in [4.69, 9.17) is 18.9 Å². The van der Waals surface area contributed by atoms with Crippen molar-refractivity contribution in [2.75, 3.05) is 26.2 Å². The molecule has 3 aliphatic rings. The van der Waals surface area contributed by atoms with Gasteiger partial charge in [0.2, 0.25) is 0 Å². The van der Waals surface area contributed by atoms with Gasteiger partial charge in [-0.3, -0.25) is 19.3 Å². The van der Waals surface area contributed by atoms with E-state index in [0.717, 1.165) is 0 Å². The van der Waals surface area contributed by atoms with Crippen molar-refractivity contribution in [3.63, 3.8) is 0 Å². The summed E-state index contributed by atoms with van der Waals surface area (Å²) in [5.41, 5.74) is -7.81. The summed E-state index contributed by atoms with van der Waals surface area (Å²) >= 11 is 0. The second-order valence-corrected chi connectivity index (χ2v) is 12.9. The summed E-state index contributed by atoms with van der Waals surface area (Å²) in [6.07, 6.45) is -1.95. The summed E-state index contributed by atoms with van der Waals surface area (Å²) in [6.45, 7) is 17.8. The molecule has 8 atom stereocenters. The SMILES string of the molecule is C=C[C@@]1(C)CC(=O)[C@]2(O)[C@@]3(C)[C@@H](O)CCC(C)(C)[C@@H]3[C@H](OC(=O)COC(=O)CN(CC)CC)[C@H](OC(C)=O)[C@@]2(C)O1. The van der Waals surface area contributed by atoms with Crippen molar-refractivity contribution in [2.45, 2.75) is 110 Å². The molecule has 0 aromatic carbocycles. The van der Waals surface area contributed by atoms with E-state index in [1.54, 1.807) is 13.8 Å².